The Morgan fingerprint density at radius 1 is 1.11 bits per heavy atom. The number of rotatable bonds is 10. The molecule has 9 nitrogen and oxygen atoms in total. The fourth-order valence-electron chi connectivity index (χ4n) is 3.72. The summed E-state index contributed by atoms with van der Waals surface area (Å²) in [5.41, 5.74) is 7.14. The number of carbonyl (C=O) groups is 4. The Hall–Kier alpha value is -3.85. The number of aryl methyl sites for hydroxylation is 2. The molecule has 38 heavy (non-hydrogen) atoms. The third-order valence-corrected chi connectivity index (χ3v) is 5.74. The molecule has 2 aromatic rings. The number of alkyl carbamates (subject to hydrolysis) is 1. The summed E-state index contributed by atoms with van der Waals surface area (Å²) in [5.74, 6) is -2.08. The van der Waals surface area contributed by atoms with Gasteiger partial charge in [-0.25, -0.2) is 4.79 Å². The summed E-state index contributed by atoms with van der Waals surface area (Å²) in [6.07, 6.45) is 0.0399. The van der Waals surface area contributed by atoms with Crippen molar-refractivity contribution in [1.82, 2.24) is 10.2 Å². The number of primary amides is 1. The zero-order valence-corrected chi connectivity index (χ0v) is 23.1. The van der Waals surface area contributed by atoms with E-state index >= 15 is 0 Å². The van der Waals surface area contributed by atoms with Gasteiger partial charge in [0, 0.05) is 6.54 Å². The predicted octanol–water partition coefficient (Wildman–Crippen LogP) is 4.42. The number of para-hydroxylation sites is 1. The van der Waals surface area contributed by atoms with Gasteiger partial charge in [0.1, 0.15) is 17.7 Å². The molecule has 10 heteroatoms. The second-order valence-corrected chi connectivity index (χ2v) is 10.3. The zero-order chi connectivity index (χ0) is 28.6. The van der Waals surface area contributed by atoms with Gasteiger partial charge in [-0.05, 0) is 51.8 Å². The van der Waals surface area contributed by atoms with Gasteiger partial charge in [-0.15, -0.1) is 6.58 Å². The van der Waals surface area contributed by atoms with Crippen molar-refractivity contribution in [2.75, 3.05) is 11.9 Å². The summed E-state index contributed by atoms with van der Waals surface area (Å²) in [4.78, 5) is 53.2. The normalized spacial score (nSPS) is 12.6. The predicted molar refractivity (Wildman–Crippen MR) is 148 cm³/mol. The van der Waals surface area contributed by atoms with Crippen molar-refractivity contribution in [3.8, 4) is 0 Å². The van der Waals surface area contributed by atoms with Gasteiger partial charge in [-0.3, -0.25) is 14.4 Å². The fourth-order valence-corrected chi connectivity index (χ4v) is 3.99. The van der Waals surface area contributed by atoms with E-state index in [4.69, 9.17) is 22.1 Å². The molecule has 0 aliphatic heterocycles. The quantitative estimate of drug-likeness (QED) is 0.382. The van der Waals surface area contributed by atoms with E-state index in [1.54, 1.807) is 58.0 Å². The monoisotopic (exact) mass is 542 g/mol. The molecule has 0 saturated carbocycles. The third-order valence-electron chi connectivity index (χ3n) is 5.43. The lowest BCUT2D eigenvalue weighted by Gasteiger charge is -2.33. The van der Waals surface area contributed by atoms with Crippen LogP contribution in [0.1, 0.15) is 49.9 Å². The Morgan fingerprint density at radius 2 is 1.74 bits per heavy atom. The number of nitrogens with two attached hydrogens (primary N) is 1. The molecule has 0 bridgehead atoms. The Kier molecular flexibility index (Phi) is 10.5. The maximum Gasteiger partial charge on any atom is 0.408 e. The van der Waals surface area contributed by atoms with Crippen LogP contribution in [0.5, 0.6) is 0 Å². The highest BCUT2D eigenvalue weighted by atomic mass is 35.5. The van der Waals surface area contributed by atoms with Crippen LogP contribution in [0.15, 0.2) is 55.1 Å². The first kappa shape index (κ1) is 30.4. The van der Waals surface area contributed by atoms with Crippen molar-refractivity contribution in [1.29, 1.82) is 0 Å². The largest absolute Gasteiger partial charge is 0.444 e. The average Bonchev–Trinajstić information content (AvgIpc) is 2.80. The molecule has 0 aliphatic rings. The zero-order valence-electron chi connectivity index (χ0n) is 22.3. The van der Waals surface area contributed by atoms with Crippen molar-refractivity contribution in [2.24, 2.45) is 5.73 Å². The summed E-state index contributed by atoms with van der Waals surface area (Å²) >= 11 is 6.34. The molecule has 2 atom stereocenters. The number of benzene rings is 2. The summed E-state index contributed by atoms with van der Waals surface area (Å²) < 4.78 is 5.26. The van der Waals surface area contributed by atoms with Gasteiger partial charge in [0.2, 0.25) is 11.8 Å². The van der Waals surface area contributed by atoms with Gasteiger partial charge in [0.15, 0.2) is 0 Å². The van der Waals surface area contributed by atoms with E-state index in [0.717, 1.165) is 11.1 Å². The molecule has 0 saturated heterocycles. The van der Waals surface area contributed by atoms with E-state index < -0.39 is 47.9 Å². The number of amides is 4. The second kappa shape index (κ2) is 13.1. The van der Waals surface area contributed by atoms with Gasteiger partial charge < -0.3 is 26.0 Å². The van der Waals surface area contributed by atoms with Crippen LogP contribution in [-0.2, 0) is 19.1 Å². The number of carbonyl (C=O) groups excluding carboxylic acids is 4. The van der Waals surface area contributed by atoms with Gasteiger partial charge in [0.05, 0.1) is 17.1 Å². The number of ether oxygens (including phenoxy) is 1. The fraction of sp³-hybridized carbons (Fsp3) is 0.357. The molecule has 0 spiro atoms. The maximum absolute atomic E-state index is 13.8. The first-order valence-corrected chi connectivity index (χ1v) is 12.4. The van der Waals surface area contributed by atoms with Crippen molar-refractivity contribution < 1.29 is 23.9 Å². The molecule has 2 aromatic carbocycles. The van der Waals surface area contributed by atoms with Crippen LogP contribution in [0, 0.1) is 13.8 Å². The van der Waals surface area contributed by atoms with E-state index in [-0.39, 0.29) is 6.54 Å². The molecule has 0 heterocycles. The number of hydrogen-bond donors (Lipinski definition) is 3. The number of hydrogen-bond acceptors (Lipinski definition) is 5. The summed E-state index contributed by atoms with van der Waals surface area (Å²) in [7, 11) is 0. The highest BCUT2D eigenvalue weighted by molar-refractivity contribution is 6.34. The van der Waals surface area contributed by atoms with Crippen LogP contribution < -0.4 is 16.4 Å². The average molecular weight is 543 g/mol. The number of anilines is 1. The molecule has 4 N–H and O–H groups in total. The molecule has 2 rings (SSSR count). The van der Waals surface area contributed by atoms with E-state index in [1.807, 2.05) is 19.1 Å². The van der Waals surface area contributed by atoms with E-state index in [2.05, 4.69) is 17.2 Å². The van der Waals surface area contributed by atoms with Crippen molar-refractivity contribution in [3.63, 3.8) is 0 Å². The molecule has 0 fully saturated rings. The standard InChI is InChI=1S/C28H35ClN4O5/c1-7-15-33(26(36)21(16-22(30)34)31-27(37)38-28(4,5)6)24(19-13-11-17(2)12-14-19)25(35)32-23-18(3)9-8-10-20(23)29/h7-14,21,24H,1,15-16H2,2-6H3,(H2,30,34)(H,31,37)(H,32,35). The Balaban J connectivity index is 2.54. The van der Waals surface area contributed by atoms with Crippen molar-refractivity contribution in [2.45, 2.75) is 58.7 Å². The molecule has 0 aliphatic carbocycles. The van der Waals surface area contributed by atoms with Crippen LogP contribution in [0.25, 0.3) is 0 Å². The van der Waals surface area contributed by atoms with Gasteiger partial charge in [-0.1, -0.05) is 59.6 Å². The smallest absolute Gasteiger partial charge is 0.408 e. The molecule has 0 aromatic heterocycles. The van der Waals surface area contributed by atoms with Crippen LogP contribution >= 0.6 is 11.6 Å². The van der Waals surface area contributed by atoms with Crippen molar-refractivity contribution >= 4 is 41.1 Å². The van der Waals surface area contributed by atoms with Crippen LogP contribution in [0.4, 0.5) is 10.5 Å². The molecule has 204 valence electrons. The van der Waals surface area contributed by atoms with E-state index in [1.165, 1.54) is 11.0 Å². The molecule has 0 radical (unpaired) electrons. The number of halogens is 1. The summed E-state index contributed by atoms with van der Waals surface area (Å²) in [6.45, 7) is 12.3. The minimum absolute atomic E-state index is 0.0719. The van der Waals surface area contributed by atoms with Gasteiger partial charge >= 0.3 is 6.09 Å². The minimum atomic E-state index is -1.38. The first-order chi connectivity index (χ1) is 17.7. The van der Waals surface area contributed by atoms with Crippen LogP contribution in [0.3, 0.4) is 0 Å². The number of nitrogens with one attached hydrogen (secondary N) is 2. The van der Waals surface area contributed by atoms with Crippen molar-refractivity contribution in [3.05, 3.63) is 76.8 Å². The lowest BCUT2D eigenvalue weighted by Crippen LogP contribution is -2.53. The first-order valence-electron chi connectivity index (χ1n) is 12.0. The highest BCUT2D eigenvalue weighted by Crippen LogP contribution is 2.29. The Labute approximate surface area is 228 Å². The molecular weight excluding hydrogens is 508 g/mol. The van der Waals surface area contributed by atoms with Crippen LogP contribution in [-0.4, -0.2) is 46.9 Å². The highest BCUT2D eigenvalue weighted by Gasteiger charge is 2.36. The minimum Gasteiger partial charge on any atom is -0.444 e. The summed E-state index contributed by atoms with van der Waals surface area (Å²) in [6, 6.07) is 9.74. The summed E-state index contributed by atoms with van der Waals surface area (Å²) in [5, 5.41) is 5.59. The Morgan fingerprint density at radius 3 is 2.26 bits per heavy atom. The van der Waals surface area contributed by atoms with E-state index in [9.17, 15) is 19.2 Å². The third kappa shape index (κ3) is 8.62. The maximum atomic E-state index is 13.8. The topological polar surface area (TPSA) is 131 Å². The van der Waals surface area contributed by atoms with Gasteiger partial charge in [-0.2, -0.15) is 0 Å². The SMILES string of the molecule is C=CCN(C(=O)C(CC(N)=O)NC(=O)OC(C)(C)C)C(C(=O)Nc1c(C)cccc1Cl)c1ccc(C)cc1. The van der Waals surface area contributed by atoms with E-state index in [0.29, 0.717) is 16.3 Å². The van der Waals surface area contributed by atoms with Gasteiger partial charge in [0.25, 0.3) is 5.91 Å². The lowest BCUT2D eigenvalue weighted by molar-refractivity contribution is -0.141. The lowest BCUT2D eigenvalue weighted by atomic mass is 10.0. The molecule has 2 unspecified atom stereocenters. The molecule has 4 amide bonds. The second-order valence-electron chi connectivity index (χ2n) is 9.88. The molecular formula is C28H35ClN4O5. The number of nitrogens with zero attached hydrogens (tertiary/aromatic N) is 1. The Bertz CT molecular complexity index is 1170. The van der Waals surface area contributed by atoms with Crippen LogP contribution in [0.2, 0.25) is 5.02 Å².